The number of rotatable bonds is 3. The predicted molar refractivity (Wildman–Crippen MR) is 54.6 cm³/mol. The van der Waals surface area contributed by atoms with E-state index in [1.54, 1.807) is 18.2 Å². The van der Waals surface area contributed by atoms with Crippen LogP contribution in [0.1, 0.15) is 0 Å². The summed E-state index contributed by atoms with van der Waals surface area (Å²) in [5.74, 6) is 0. The Bertz CT molecular complexity index is 365. The molecule has 2 rings (SSSR count). The monoisotopic (exact) mass is 228 g/mol. The fraction of sp³-hybridized carbons (Fsp3) is 0.250. The Morgan fingerprint density at radius 2 is 2.13 bits per heavy atom. The van der Waals surface area contributed by atoms with Crippen LogP contribution in [0.15, 0.2) is 30.3 Å². The summed E-state index contributed by atoms with van der Waals surface area (Å²) >= 11 is 0. The minimum Gasteiger partial charge on any atom is -0.335 e. The molecule has 1 N–H and O–H groups in total. The fourth-order valence-corrected chi connectivity index (χ4v) is 2.35. The van der Waals surface area contributed by atoms with Crippen LogP contribution in [0.5, 0.6) is 0 Å². The van der Waals surface area contributed by atoms with E-state index < -0.39 is 14.7 Å². The van der Waals surface area contributed by atoms with Crippen molar-refractivity contribution in [3.8, 4) is 0 Å². The molecule has 1 aliphatic rings. The summed E-state index contributed by atoms with van der Waals surface area (Å²) in [5, 5.41) is 0.250. The summed E-state index contributed by atoms with van der Waals surface area (Å²) in [7, 11) is -4.56. The van der Waals surface area contributed by atoms with Crippen LogP contribution in [0, 0.1) is 0 Å². The maximum absolute atomic E-state index is 11.8. The van der Waals surface area contributed by atoms with Gasteiger partial charge in [-0.25, -0.2) is 0 Å². The maximum Gasteiger partial charge on any atom is 0.499 e. The van der Waals surface area contributed by atoms with Gasteiger partial charge < -0.3 is 9.33 Å². The fourth-order valence-electron chi connectivity index (χ4n) is 1.22. The van der Waals surface area contributed by atoms with E-state index in [4.69, 9.17) is 4.44 Å². The Morgan fingerprint density at radius 3 is 2.73 bits per heavy atom. The molecule has 80 valence electrons. The molecule has 1 fully saturated rings. The summed E-state index contributed by atoms with van der Waals surface area (Å²) in [4.78, 5) is 18.9. The summed E-state index contributed by atoms with van der Waals surface area (Å²) in [6.07, 6.45) is 0.456. The standard InChI is InChI=1S/C8H10BO5P/c10-15(11,8-4-2-1-3-5-8)14-9-6-7-12-13-9/h1-5H,6-7H2,(H,10,11). The molecule has 1 unspecified atom stereocenters. The lowest BCUT2D eigenvalue weighted by Gasteiger charge is -2.13. The Kier molecular flexibility index (Phi) is 3.24. The van der Waals surface area contributed by atoms with Crippen molar-refractivity contribution in [1.82, 2.24) is 0 Å². The Hall–Kier alpha value is -0.645. The van der Waals surface area contributed by atoms with Gasteiger partial charge >= 0.3 is 14.7 Å². The second-order valence-electron chi connectivity index (χ2n) is 3.10. The molecule has 15 heavy (non-hydrogen) atoms. The summed E-state index contributed by atoms with van der Waals surface area (Å²) in [6, 6.07) is 8.19. The highest BCUT2D eigenvalue weighted by molar-refractivity contribution is 7.62. The molecule has 1 atom stereocenters. The molecule has 5 nitrogen and oxygen atoms in total. The highest BCUT2D eigenvalue weighted by Crippen LogP contribution is 2.42. The quantitative estimate of drug-likeness (QED) is 0.474. The van der Waals surface area contributed by atoms with E-state index in [9.17, 15) is 9.46 Å². The van der Waals surface area contributed by atoms with E-state index in [1.165, 1.54) is 12.1 Å². The molecular formula is C8H10BO5P. The third-order valence-electron chi connectivity index (χ3n) is 1.96. The molecule has 1 heterocycles. The summed E-state index contributed by atoms with van der Waals surface area (Å²) < 4.78 is 16.7. The first-order valence-corrected chi connectivity index (χ1v) is 6.11. The minimum absolute atomic E-state index is 0.250. The zero-order valence-corrected chi connectivity index (χ0v) is 8.80. The van der Waals surface area contributed by atoms with Gasteiger partial charge in [-0.2, -0.15) is 0 Å². The van der Waals surface area contributed by atoms with Crippen molar-refractivity contribution in [2.75, 3.05) is 6.61 Å². The van der Waals surface area contributed by atoms with E-state index in [1.807, 2.05) is 0 Å². The van der Waals surface area contributed by atoms with Gasteiger partial charge in [-0.05, 0) is 12.1 Å². The summed E-state index contributed by atoms with van der Waals surface area (Å²) in [5.41, 5.74) is 0. The largest absolute Gasteiger partial charge is 0.499 e. The molecule has 1 aliphatic heterocycles. The lowest BCUT2D eigenvalue weighted by Crippen LogP contribution is -2.18. The first-order chi connectivity index (χ1) is 7.18. The molecule has 1 aromatic carbocycles. The number of benzene rings is 1. The molecular weight excluding hydrogens is 218 g/mol. The Labute approximate surface area is 87.6 Å². The van der Waals surface area contributed by atoms with Crippen LogP contribution < -0.4 is 5.30 Å². The molecule has 0 aromatic heterocycles. The van der Waals surface area contributed by atoms with Crippen LogP contribution in [0.4, 0.5) is 0 Å². The molecule has 0 bridgehead atoms. The van der Waals surface area contributed by atoms with Crippen LogP contribution in [0.3, 0.4) is 0 Å². The van der Waals surface area contributed by atoms with Crippen LogP contribution in [-0.2, 0) is 18.7 Å². The zero-order valence-electron chi connectivity index (χ0n) is 7.91. The molecule has 1 aromatic rings. The molecule has 1 saturated heterocycles. The van der Waals surface area contributed by atoms with Gasteiger partial charge in [0.15, 0.2) is 0 Å². The third-order valence-corrected chi connectivity index (χ3v) is 3.43. The van der Waals surface area contributed by atoms with Crippen LogP contribution in [0.2, 0.25) is 6.32 Å². The van der Waals surface area contributed by atoms with Gasteiger partial charge in [0.2, 0.25) is 0 Å². The van der Waals surface area contributed by atoms with Crippen molar-refractivity contribution in [2.45, 2.75) is 6.32 Å². The molecule has 7 heteroatoms. The average molecular weight is 228 g/mol. The summed E-state index contributed by atoms with van der Waals surface area (Å²) in [6.45, 7) is 0.374. The van der Waals surface area contributed by atoms with E-state index in [-0.39, 0.29) is 5.30 Å². The highest BCUT2D eigenvalue weighted by atomic mass is 31.2. The van der Waals surface area contributed by atoms with Crippen molar-refractivity contribution in [2.24, 2.45) is 0 Å². The van der Waals surface area contributed by atoms with Gasteiger partial charge in [-0.3, -0.25) is 14.3 Å². The smallest absolute Gasteiger partial charge is 0.335 e. The molecule has 0 saturated carbocycles. The normalized spacial score (nSPS) is 20.2. The van der Waals surface area contributed by atoms with Crippen LogP contribution in [0.25, 0.3) is 0 Å². The van der Waals surface area contributed by atoms with E-state index in [2.05, 4.69) is 9.69 Å². The van der Waals surface area contributed by atoms with Crippen molar-refractivity contribution >= 4 is 20.0 Å². The van der Waals surface area contributed by atoms with Crippen molar-refractivity contribution in [3.63, 3.8) is 0 Å². The first kappa shape index (κ1) is 10.9. The zero-order chi connectivity index (χ0) is 10.7. The Morgan fingerprint density at radius 1 is 1.40 bits per heavy atom. The van der Waals surface area contributed by atoms with E-state index in [0.29, 0.717) is 12.9 Å². The lowest BCUT2D eigenvalue weighted by molar-refractivity contribution is -0.192. The third kappa shape index (κ3) is 2.68. The number of hydrogen-bond acceptors (Lipinski definition) is 4. The number of hydrogen-bond donors (Lipinski definition) is 1. The van der Waals surface area contributed by atoms with Gasteiger partial charge in [0.25, 0.3) is 0 Å². The Balaban J connectivity index is 2.09. The van der Waals surface area contributed by atoms with Crippen LogP contribution >= 0.6 is 7.60 Å². The predicted octanol–water partition coefficient (Wildman–Crippen LogP) is 0.964. The van der Waals surface area contributed by atoms with Gasteiger partial charge in [-0.15, -0.1) is 0 Å². The SMILES string of the molecule is O=P(O)(OB1CCOO1)c1ccccc1. The van der Waals surface area contributed by atoms with Gasteiger partial charge in [0.05, 0.1) is 11.9 Å². The molecule has 0 aliphatic carbocycles. The van der Waals surface area contributed by atoms with Crippen LogP contribution in [-0.4, -0.2) is 18.6 Å². The molecule has 0 amide bonds. The average Bonchev–Trinajstić information content (AvgIpc) is 2.71. The van der Waals surface area contributed by atoms with E-state index >= 15 is 0 Å². The van der Waals surface area contributed by atoms with E-state index in [0.717, 1.165) is 0 Å². The lowest BCUT2D eigenvalue weighted by atomic mass is 9.88. The molecule has 0 spiro atoms. The first-order valence-electron chi connectivity index (χ1n) is 4.53. The van der Waals surface area contributed by atoms with Crippen molar-refractivity contribution in [3.05, 3.63) is 30.3 Å². The second-order valence-corrected chi connectivity index (χ2v) is 4.87. The maximum atomic E-state index is 11.8. The topological polar surface area (TPSA) is 65.0 Å². The minimum atomic E-state index is -3.80. The second kappa shape index (κ2) is 4.47. The molecule has 0 radical (unpaired) electrons. The van der Waals surface area contributed by atoms with Crippen molar-refractivity contribution < 1.29 is 23.6 Å². The van der Waals surface area contributed by atoms with Crippen molar-refractivity contribution in [1.29, 1.82) is 0 Å². The van der Waals surface area contributed by atoms with Gasteiger partial charge in [0.1, 0.15) is 0 Å². The van der Waals surface area contributed by atoms with Gasteiger partial charge in [0, 0.05) is 6.32 Å². The van der Waals surface area contributed by atoms with Gasteiger partial charge in [-0.1, -0.05) is 18.2 Å². The highest BCUT2D eigenvalue weighted by Gasteiger charge is 2.35.